The lowest BCUT2D eigenvalue weighted by Crippen LogP contribution is -2.20. The molecule has 0 unspecified atom stereocenters. The van der Waals surface area contributed by atoms with Crippen molar-refractivity contribution in [2.24, 2.45) is 17.6 Å². The minimum absolute atomic E-state index is 0.00278. The van der Waals surface area contributed by atoms with E-state index >= 15 is 0 Å². The van der Waals surface area contributed by atoms with Gasteiger partial charge in [-0.2, -0.15) is 0 Å². The summed E-state index contributed by atoms with van der Waals surface area (Å²) in [5, 5.41) is 3.65. The van der Waals surface area contributed by atoms with Crippen molar-refractivity contribution in [2.45, 2.75) is 38.5 Å². The molecule has 3 N–H and O–H groups in total. The van der Waals surface area contributed by atoms with Crippen LogP contribution in [0.1, 0.15) is 52.0 Å². The van der Waals surface area contributed by atoms with Gasteiger partial charge in [-0.05, 0) is 48.6 Å². The smallest absolute Gasteiger partial charge is 0.251 e. The molecule has 1 saturated carbocycles. The third-order valence-electron chi connectivity index (χ3n) is 5.35. The van der Waals surface area contributed by atoms with Crippen LogP contribution in [0.2, 0.25) is 0 Å². The number of nitrogens with two attached hydrogens (primary N) is 1. The Kier molecular flexibility index (Phi) is 4.12. The lowest BCUT2D eigenvalue weighted by atomic mass is 9.88. The lowest BCUT2D eigenvalue weighted by molar-refractivity contribution is -0.117. The quantitative estimate of drug-likeness (QED) is 0.878. The van der Waals surface area contributed by atoms with Gasteiger partial charge >= 0.3 is 0 Å². The standard InChI is InChI=1S/C20H22N2O2S/c1-11-7-8-13-16(9-11)25-20(17(13)18(21)23)22-19(24)15-10-14(15)12-5-3-2-4-6-12/h2-6,11,14-15H,7-10H2,1H3,(H2,21,23)(H,22,24)/t11-,14-,15-/m0/s1. The Labute approximate surface area is 151 Å². The second-order valence-corrected chi connectivity index (χ2v) is 8.37. The predicted octanol–water partition coefficient (Wildman–Crippen LogP) is 3.71. The van der Waals surface area contributed by atoms with Gasteiger partial charge in [-0.1, -0.05) is 37.3 Å². The summed E-state index contributed by atoms with van der Waals surface area (Å²) in [6, 6.07) is 10.1. The van der Waals surface area contributed by atoms with E-state index in [1.165, 1.54) is 21.8 Å². The molecule has 0 saturated heterocycles. The van der Waals surface area contributed by atoms with E-state index in [0.717, 1.165) is 31.2 Å². The highest BCUT2D eigenvalue weighted by Crippen LogP contribution is 2.48. The summed E-state index contributed by atoms with van der Waals surface area (Å²) >= 11 is 1.53. The van der Waals surface area contributed by atoms with Gasteiger partial charge in [0.15, 0.2) is 0 Å². The van der Waals surface area contributed by atoms with Crippen molar-refractivity contribution < 1.29 is 9.59 Å². The number of amides is 2. The van der Waals surface area contributed by atoms with Crippen molar-refractivity contribution in [3.05, 3.63) is 51.9 Å². The monoisotopic (exact) mass is 354 g/mol. The highest BCUT2D eigenvalue weighted by atomic mass is 32.1. The highest BCUT2D eigenvalue weighted by Gasteiger charge is 2.44. The maximum absolute atomic E-state index is 12.7. The van der Waals surface area contributed by atoms with Crippen LogP contribution in [0.15, 0.2) is 30.3 Å². The van der Waals surface area contributed by atoms with Crippen LogP contribution < -0.4 is 11.1 Å². The highest BCUT2D eigenvalue weighted by molar-refractivity contribution is 7.17. The Morgan fingerprint density at radius 3 is 2.72 bits per heavy atom. The molecule has 2 amide bonds. The number of rotatable bonds is 4. The molecule has 4 rings (SSSR count). The number of hydrogen-bond donors (Lipinski definition) is 2. The fourth-order valence-corrected chi connectivity index (χ4v) is 5.28. The first-order valence-corrected chi connectivity index (χ1v) is 9.66. The summed E-state index contributed by atoms with van der Waals surface area (Å²) < 4.78 is 0. The minimum Gasteiger partial charge on any atom is -0.365 e. The number of thiophene rings is 1. The topological polar surface area (TPSA) is 72.2 Å². The summed E-state index contributed by atoms with van der Waals surface area (Å²) in [6.45, 7) is 2.22. The Morgan fingerprint density at radius 1 is 1.24 bits per heavy atom. The van der Waals surface area contributed by atoms with Crippen LogP contribution in [-0.4, -0.2) is 11.8 Å². The fraction of sp³-hybridized carbons (Fsp3) is 0.400. The molecule has 0 bridgehead atoms. The van der Waals surface area contributed by atoms with Gasteiger partial charge in [0.25, 0.3) is 5.91 Å². The Morgan fingerprint density at radius 2 is 2.00 bits per heavy atom. The number of fused-ring (bicyclic) bond motifs is 1. The maximum atomic E-state index is 12.7. The van der Waals surface area contributed by atoms with Gasteiger partial charge in [-0.25, -0.2) is 0 Å². The van der Waals surface area contributed by atoms with E-state index in [1.807, 2.05) is 18.2 Å². The first kappa shape index (κ1) is 16.3. The number of benzene rings is 1. The second-order valence-electron chi connectivity index (χ2n) is 7.27. The average molecular weight is 354 g/mol. The molecule has 5 heteroatoms. The zero-order valence-corrected chi connectivity index (χ0v) is 15.1. The minimum atomic E-state index is -0.433. The van der Waals surface area contributed by atoms with Gasteiger partial charge in [-0.3, -0.25) is 9.59 Å². The maximum Gasteiger partial charge on any atom is 0.251 e. The van der Waals surface area contributed by atoms with Crippen LogP contribution in [0, 0.1) is 11.8 Å². The first-order chi connectivity index (χ1) is 12.0. The third kappa shape index (κ3) is 3.09. The molecule has 1 heterocycles. The third-order valence-corrected chi connectivity index (χ3v) is 6.52. The van der Waals surface area contributed by atoms with E-state index in [-0.39, 0.29) is 17.7 Å². The van der Waals surface area contributed by atoms with Crippen molar-refractivity contribution >= 4 is 28.2 Å². The van der Waals surface area contributed by atoms with Crippen LogP contribution in [-0.2, 0) is 17.6 Å². The predicted molar refractivity (Wildman–Crippen MR) is 99.9 cm³/mol. The first-order valence-electron chi connectivity index (χ1n) is 8.84. The number of nitrogens with one attached hydrogen (secondary N) is 1. The van der Waals surface area contributed by atoms with E-state index in [0.29, 0.717) is 16.5 Å². The number of carbonyl (C=O) groups is 2. The summed E-state index contributed by atoms with van der Waals surface area (Å²) in [5.74, 6) is 0.455. The zero-order chi connectivity index (χ0) is 17.6. The molecule has 3 atom stereocenters. The molecule has 4 nitrogen and oxygen atoms in total. The number of anilines is 1. The van der Waals surface area contributed by atoms with E-state index in [9.17, 15) is 9.59 Å². The molecule has 0 spiro atoms. The van der Waals surface area contributed by atoms with E-state index in [2.05, 4.69) is 24.4 Å². The van der Waals surface area contributed by atoms with Crippen molar-refractivity contribution in [2.75, 3.05) is 5.32 Å². The average Bonchev–Trinajstić information content (AvgIpc) is 3.31. The molecule has 25 heavy (non-hydrogen) atoms. The Hall–Kier alpha value is -2.14. The van der Waals surface area contributed by atoms with Crippen molar-refractivity contribution in [3.8, 4) is 0 Å². The fourth-order valence-electron chi connectivity index (χ4n) is 3.86. The van der Waals surface area contributed by atoms with Gasteiger partial charge in [0.05, 0.1) is 5.56 Å². The molecule has 0 aliphatic heterocycles. The SMILES string of the molecule is C[C@H]1CCc2c(sc(NC(=O)[C@H]3C[C@H]3c3ccccc3)c2C(N)=O)C1. The van der Waals surface area contributed by atoms with Crippen molar-refractivity contribution in [1.29, 1.82) is 0 Å². The normalized spacial score (nSPS) is 24.4. The van der Waals surface area contributed by atoms with Gasteiger partial charge in [-0.15, -0.1) is 11.3 Å². The van der Waals surface area contributed by atoms with E-state index < -0.39 is 5.91 Å². The largest absolute Gasteiger partial charge is 0.365 e. The van der Waals surface area contributed by atoms with Gasteiger partial charge < -0.3 is 11.1 Å². The molecule has 0 radical (unpaired) electrons. The number of primary amides is 1. The van der Waals surface area contributed by atoms with Crippen LogP contribution in [0.5, 0.6) is 0 Å². The van der Waals surface area contributed by atoms with E-state index in [4.69, 9.17) is 5.73 Å². The molecule has 1 aromatic heterocycles. The zero-order valence-electron chi connectivity index (χ0n) is 14.2. The summed E-state index contributed by atoms with van der Waals surface area (Å²) in [4.78, 5) is 25.8. The molecular weight excluding hydrogens is 332 g/mol. The Balaban J connectivity index is 1.53. The van der Waals surface area contributed by atoms with Gasteiger partial charge in [0, 0.05) is 10.8 Å². The molecular formula is C20H22N2O2S. The van der Waals surface area contributed by atoms with Crippen molar-refractivity contribution in [3.63, 3.8) is 0 Å². The Bertz CT molecular complexity index is 828. The lowest BCUT2D eigenvalue weighted by Gasteiger charge is -2.18. The molecule has 1 fully saturated rings. The van der Waals surface area contributed by atoms with Crippen LogP contribution in [0.4, 0.5) is 5.00 Å². The van der Waals surface area contributed by atoms with E-state index in [1.54, 1.807) is 0 Å². The number of carbonyl (C=O) groups excluding carboxylic acids is 2. The summed E-state index contributed by atoms with van der Waals surface area (Å²) in [5.41, 5.74) is 8.42. The molecule has 2 aliphatic rings. The molecule has 1 aromatic carbocycles. The van der Waals surface area contributed by atoms with Crippen molar-refractivity contribution in [1.82, 2.24) is 0 Å². The van der Waals surface area contributed by atoms with Gasteiger partial charge in [0.2, 0.25) is 5.91 Å². The molecule has 2 aromatic rings. The second kappa shape index (κ2) is 6.30. The van der Waals surface area contributed by atoms with Crippen LogP contribution in [0.25, 0.3) is 0 Å². The van der Waals surface area contributed by atoms with Crippen LogP contribution in [0.3, 0.4) is 0 Å². The summed E-state index contributed by atoms with van der Waals surface area (Å²) in [6.07, 6.45) is 3.77. The molecule has 2 aliphatic carbocycles. The number of hydrogen-bond acceptors (Lipinski definition) is 3. The van der Waals surface area contributed by atoms with Gasteiger partial charge in [0.1, 0.15) is 5.00 Å². The summed E-state index contributed by atoms with van der Waals surface area (Å²) in [7, 11) is 0. The molecule has 130 valence electrons. The van der Waals surface area contributed by atoms with Crippen LogP contribution >= 0.6 is 11.3 Å².